The van der Waals surface area contributed by atoms with Gasteiger partial charge in [-0.05, 0) is 78.7 Å². The van der Waals surface area contributed by atoms with Gasteiger partial charge in [0.25, 0.3) is 5.91 Å². The van der Waals surface area contributed by atoms with Crippen LogP contribution in [0.1, 0.15) is 28.8 Å². The molecular weight excluding hydrogens is 770 g/mol. The number of imide groups is 1. The summed E-state index contributed by atoms with van der Waals surface area (Å²) in [6.45, 7) is 7.23. The van der Waals surface area contributed by atoms with Gasteiger partial charge in [-0.15, -0.1) is 11.3 Å². The number of phenolic OH excluding ortho intramolecular Hbond substituents is 1. The first-order chi connectivity index (χ1) is 26.3. The van der Waals surface area contributed by atoms with Crippen LogP contribution < -0.4 is 20.1 Å². The number of ether oxygens (including phenoxy) is 2. The first kappa shape index (κ1) is 36.0. The topological polar surface area (TPSA) is 124 Å². The van der Waals surface area contributed by atoms with Crippen LogP contribution in [-0.4, -0.2) is 96.0 Å². The first-order valence-corrected chi connectivity index (χ1v) is 19.8. The normalized spacial score (nSPS) is 17.8. The van der Waals surface area contributed by atoms with Crippen LogP contribution in [0.4, 0.5) is 5.69 Å². The number of piperazine rings is 1. The second-order valence-corrected chi connectivity index (χ2v) is 15.7. The number of anilines is 1. The minimum absolute atomic E-state index is 0.160. The smallest absolute Gasteiger partial charge is 0.255 e. The molecule has 5 aromatic rings. The summed E-state index contributed by atoms with van der Waals surface area (Å²) in [5.74, 6) is 1.64. The van der Waals surface area contributed by atoms with Crippen LogP contribution in [0.3, 0.4) is 0 Å². The van der Waals surface area contributed by atoms with Gasteiger partial charge in [-0.1, -0.05) is 34.1 Å². The molecule has 278 valence electrons. The molecular formula is C41H40BrN5O6S. The van der Waals surface area contributed by atoms with E-state index in [0.717, 1.165) is 93.6 Å². The van der Waals surface area contributed by atoms with Gasteiger partial charge >= 0.3 is 0 Å². The van der Waals surface area contributed by atoms with Crippen LogP contribution in [0, 0.1) is 0 Å². The number of nitrogens with zero attached hydrogens (tertiary/aromatic N) is 3. The van der Waals surface area contributed by atoms with E-state index in [-0.39, 0.29) is 24.0 Å². The van der Waals surface area contributed by atoms with Crippen LogP contribution in [0.5, 0.6) is 23.0 Å². The number of phenols is 1. The van der Waals surface area contributed by atoms with Crippen LogP contribution in [0.2, 0.25) is 0 Å². The maximum absolute atomic E-state index is 13.2. The number of carbonyl (C=O) groups excluding carboxylic acids is 3. The van der Waals surface area contributed by atoms with E-state index in [1.165, 1.54) is 0 Å². The van der Waals surface area contributed by atoms with Gasteiger partial charge in [0.15, 0.2) is 5.75 Å². The van der Waals surface area contributed by atoms with E-state index in [1.54, 1.807) is 28.4 Å². The Morgan fingerprint density at radius 1 is 0.889 bits per heavy atom. The van der Waals surface area contributed by atoms with E-state index < -0.39 is 11.9 Å². The standard InChI is InChI=1S/C41H40BrN5O6S/c42-27-6-4-26(5-7-27)39-38(32-13-8-28(48)24-36(32)54-39)53-30-11-9-29(10-12-30)52-23-22-46-20-18-45(19-21-46)17-16-43-34-3-1-2-31-33(34)25-47(41(31)51)35-14-15-37(49)44-40(35)50/h1-13,24,35,43,48H,14-23,25H2,(H,44,49,50). The Hall–Kier alpha value is -4.95. The molecule has 11 nitrogen and oxygen atoms in total. The lowest BCUT2D eigenvalue weighted by Crippen LogP contribution is -2.52. The summed E-state index contributed by atoms with van der Waals surface area (Å²) in [5, 5.41) is 16.9. The molecule has 4 aromatic carbocycles. The van der Waals surface area contributed by atoms with Crippen LogP contribution in [-0.2, 0) is 16.1 Å². The number of halogens is 1. The van der Waals surface area contributed by atoms with Crippen molar-refractivity contribution in [1.29, 1.82) is 0 Å². The zero-order valence-electron chi connectivity index (χ0n) is 29.6. The van der Waals surface area contributed by atoms with Crippen molar-refractivity contribution < 1.29 is 29.0 Å². The van der Waals surface area contributed by atoms with E-state index in [0.29, 0.717) is 30.9 Å². The highest BCUT2D eigenvalue weighted by Crippen LogP contribution is 2.47. The number of rotatable bonds is 12. The highest BCUT2D eigenvalue weighted by molar-refractivity contribution is 9.10. The Bertz CT molecular complexity index is 2190. The monoisotopic (exact) mass is 809 g/mol. The number of benzene rings is 4. The van der Waals surface area contributed by atoms with Crippen molar-refractivity contribution >= 4 is 60.8 Å². The number of amides is 3. The van der Waals surface area contributed by atoms with Gasteiger partial charge in [-0.2, -0.15) is 0 Å². The molecule has 1 unspecified atom stereocenters. The Labute approximate surface area is 325 Å². The molecule has 0 bridgehead atoms. The van der Waals surface area contributed by atoms with Crippen molar-refractivity contribution in [3.63, 3.8) is 0 Å². The fraction of sp³-hybridized carbons (Fsp3) is 0.293. The molecule has 8 rings (SSSR count). The first-order valence-electron chi connectivity index (χ1n) is 18.2. The molecule has 4 heterocycles. The molecule has 1 atom stereocenters. The number of fused-ring (bicyclic) bond motifs is 2. The lowest BCUT2D eigenvalue weighted by molar-refractivity contribution is -0.136. The highest BCUT2D eigenvalue weighted by Gasteiger charge is 2.39. The average molecular weight is 811 g/mol. The molecule has 2 fully saturated rings. The summed E-state index contributed by atoms with van der Waals surface area (Å²) in [5.41, 5.74) is 3.48. The number of nitrogens with one attached hydrogen (secondary N) is 2. The molecule has 3 aliphatic heterocycles. The Balaban J connectivity index is 0.784. The van der Waals surface area contributed by atoms with E-state index in [9.17, 15) is 19.5 Å². The zero-order chi connectivity index (χ0) is 37.2. The molecule has 2 saturated heterocycles. The van der Waals surface area contributed by atoms with Crippen LogP contribution in [0.25, 0.3) is 20.5 Å². The maximum Gasteiger partial charge on any atom is 0.255 e. The van der Waals surface area contributed by atoms with Gasteiger partial charge in [0.2, 0.25) is 11.8 Å². The minimum Gasteiger partial charge on any atom is -0.508 e. The van der Waals surface area contributed by atoms with Gasteiger partial charge in [0.05, 0.1) is 4.88 Å². The summed E-state index contributed by atoms with van der Waals surface area (Å²) in [7, 11) is 0. The van der Waals surface area contributed by atoms with Gasteiger partial charge < -0.3 is 24.8 Å². The third-order valence-corrected chi connectivity index (χ3v) is 12.0. The van der Waals surface area contributed by atoms with Crippen molar-refractivity contribution in [3.8, 4) is 33.4 Å². The molecule has 0 spiro atoms. The third kappa shape index (κ3) is 7.81. The third-order valence-electron chi connectivity index (χ3n) is 10.2. The number of piperidine rings is 1. The molecule has 13 heteroatoms. The van der Waals surface area contributed by atoms with E-state index in [4.69, 9.17) is 9.47 Å². The molecule has 0 radical (unpaired) electrons. The van der Waals surface area contributed by atoms with E-state index in [2.05, 4.69) is 48.5 Å². The number of hydrogen-bond acceptors (Lipinski definition) is 10. The summed E-state index contributed by atoms with van der Waals surface area (Å²) >= 11 is 5.11. The molecule has 0 aliphatic carbocycles. The second kappa shape index (κ2) is 15.8. The molecule has 1 aromatic heterocycles. The SMILES string of the molecule is O=C1CCC(N2Cc3c(NCCN4CCN(CCOc5ccc(Oc6c(-c7ccc(Br)cc7)sc7cc(O)ccc67)cc5)CC4)cccc3C2=O)C(=O)N1. The lowest BCUT2D eigenvalue weighted by atomic mass is 10.0. The van der Waals surface area contributed by atoms with E-state index in [1.807, 2.05) is 60.7 Å². The van der Waals surface area contributed by atoms with Gasteiger partial charge in [0, 0.05) is 90.2 Å². The molecule has 0 saturated carbocycles. The quantitative estimate of drug-likeness (QED) is 0.118. The highest BCUT2D eigenvalue weighted by atomic mass is 79.9. The average Bonchev–Trinajstić information content (AvgIpc) is 3.70. The molecule has 54 heavy (non-hydrogen) atoms. The Kier molecular flexibility index (Phi) is 10.5. The maximum atomic E-state index is 13.2. The second-order valence-electron chi connectivity index (χ2n) is 13.7. The van der Waals surface area contributed by atoms with Gasteiger partial charge in [-0.3, -0.25) is 29.5 Å². The zero-order valence-corrected chi connectivity index (χ0v) is 32.0. The van der Waals surface area contributed by atoms with Gasteiger partial charge in [-0.25, -0.2) is 0 Å². The fourth-order valence-electron chi connectivity index (χ4n) is 7.31. The Morgan fingerprint density at radius 2 is 1.63 bits per heavy atom. The largest absolute Gasteiger partial charge is 0.508 e. The van der Waals surface area contributed by atoms with Crippen molar-refractivity contribution in [3.05, 3.63) is 101 Å². The summed E-state index contributed by atoms with van der Waals surface area (Å²) in [4.78, 5) is 44.7. The number of hydrogen-bond donors (Lipinski definition) is 3. The van der Waals surface area contributed by atoms with Crippen LogP contribution >= 0.6 is 27.3 Å². The number of thiophene rings is 1. The summed E-state index contributed by atoms with van der Waals surface area (Å²) < 4.78 is 14.5. The summed E-state index contributed by atoms with van der Waals surface area (Å²) in [6.07, 6.45) is 0.594. The number of carbonyl (C=O) groups is 3. The van der Waals surface area contributed by atoms with Crippen molar-refractivity contribution in [1.82, 2.24) is 20.0 Å². The molecule has 3 amide bonds. The summed E-state index contributed by atoms with van der Waals surface area (Å²) in [6, 6.07) is 26.2. The predicted octanol–water partition coefficient (Wildman–Crippen LogP) is 6.70. The minimum atomic E-state index is -0.619. The molecule has 3 aliphatic rings. The van der Waals surface area contributed by atoms with Gasteiger partial charge in [0.1, 0.15) is 29.9 Å². The predicted molar refractivity (Wildman–Crippen MR) is 212 cm³/mol. The van der Waals surface area contributed by atoms with Crippen molar-refractivity contribution in [2.75, 3.05) is 57.7 Å². The Morgan fingerprint density at radius 3 is 2.39 bits per heavy atom. The molecule has 3 N–H and O–H groups in total. The van der Waals surface area contributed by atoms with Crippen molar-refractivity contribution in [2.24, 2.45) is 0 Å². The van der Waals surface area contributed by atoms with Crippen molar-refractivity contribution in [2.45, 2.75) is 25.4 Å². The van der Waals surface area contributed by atoms with E-state index >= 15 is 0 Å². The fourth-order valence-corrected chi connectivity index (χ4v) is 8.74. The number of aromatic hydroxyl groups is 1. The van der Waals surface area contributed by atoms with Crippen LogP contribution in [0.15, 0.2) is 89.4 Å². The lowest BCUT2D eigenvalue weighted by Gasteiger charge is -2.34.